The van der Waals surface area contributed by atoms with E-state index in [9.17, 15) is 18.8 Å². The molecule has 26 heavy (non-hydrogen) atoms. The minimum absolute atomic E-state index is 0.0622. The molecule has 8 heteroatoms. The van der Waals surface area contributed by atoms with Gasteiger partial charge in [0.2, 0.25) is 0 Å². The second-order valence-electron chi connectivity index (χ2n) is 5.01. The van der Waals surface area contributed by atoms with E-state index in [0.717, 1.165) is 18.2 Å². The number of anilines is 1. The highest BCUT2D eigenvalue weighted by Crippen LogP contribution is 2.19. The number of hydrogen-bond donors (Lipinski definition) is 1. The Bertz CT molecular complexity index is 840. The lowest BCUT2D eigenvalue weighted by molar-refractivity contribution is -0.119. The average Bonchev–Trinajstić information content (AvgIpc) is 2.60. The van der Waals surface area contributed by atoms with Crippen molar-refractivity contribution in [3.63, 3.8) is 0 Å². The van der Waals surface area contributed by atoms with Crippen LogP contribution in [0, 0.1) is 5.82 Å². The summed E-state index contributed by atoms with van der Waals surface area (Å²) in [6.45, 7) is 1.25. The number of esters is 2. The number of benzene rings is 2. The molecule has 0 bridgehead atoms. The lowest BCUT2D eigenvalue weighted by atomic mass is 10.2. The van der Waals surface area contributed by atoms with Gasteiger partial charge in [-0.2, -0.15) is 0 Å². The van der Waals surface area contributed by atoms with Gasteiger partial charge < -0.3 is 14.8 Å². The topological polar surface area (TPSA) is 81.7 Å². The Kier molecular flexibility index (Phi) is 6.68. The van der Waals surface area contributed by atoms with Gasteiger partial charge in [0.05, 0.1) is 28.4 Å². The van der Waals surface area contributed by atoms with Crippen molar-refractivity contribution >= 4 is 35.1 Å². The summed E-state index contributed by atoms with van der Waals surface area (Å²) in [5.41, 5.74) is 0.343. The van der Waals surface area contributed by atoms with Crippen LogP contribution in [0.5, 0.6) is 0 Å². The molecule has 0 saturated heterocycles. The Hall–Kier alpha value is -2.93. The molecule has 0 aliphatic heterocycles. The maximum atomic E-state index is 13.0. The van der Waals surface area contributed by atoms with Gasteiger partial charge in [0, 0.05) is 0 Å². The number of halogens is 2. The molecule has 0 aliphatic rings. The van der Waals surface area contributed by atoms with Crippen molar-refractivity contribution in [1.29, 1.82) is 0 Å². The zero-order valence-corrected chi connectivity index (χ0v) is 14.5. The van der Waals surface area contributed by atoms with E-state index in [1.165, 1.54) is 12.1 Å². The Morgan fingerprint density at radius 1 is 1.04 bits per heavy atom. The van der Waals surface area contributed by atoms with Crippen molar-refractivity contribution < 1.29 is 28.2 Å². The highest BCUT2D eigenvalue weighted by atomic mass is 35.5. The van der Waals surface area contributed by atoms with E-state index in [1.54, 1.807) is 19.1 Å². The van der Waals surface area contributed by atoms with Crippen molar-refractivity contribution in [2.24, 2.45) is 0 Å². The summed E-state index contributed by atoms with van der Waals surface area (Å²) in [5.74, 6) is -2.71. The summed E-state index contributed by atoms with van der Waals surface area (Å²) in [4.78, 5) is 35.8. The van der Waals surface area contributed by atoms with Crippen molar-refractivity contribution in [2.45, 2.75) is 6.92 Å². The summed E-state index contributed by atoms with van der Waals surface area (Å²) < 4.78 is 22.8. The molecule has 0 saturated carbocycles. The smallest absolute Gasteiger partial charge is 0.340 e. The van der Waals surface area contributed by atoms with Crippen molar-refractivity contribution in [1.82, 2.24) is 0 Å². The Labute approximate surface area is 153 Å². The molecule has 1 amide bonds. The van der Waals surface area contributed by atoms with Crippen molar-refractivity contribution in [3.05, 3.63) is 64.4 Å². The van der Waals surface area contributed by atoms with Crippen LogP contribution in [0.15, 0.2) is 42.5 Å². The highest BCUT2D eigenvalue weighted by molar-refractivity contribution is 6.33. The van der Waals surface area contributed by atoms with Gasteiger partial charge in [-0.3, -0.25) is 4.79 Å². The molecular weight excluding hydrogens is 365 g/mol. The van der Waals surface area contributed by atoms with E-state index in [4.69, 9.17) is 21.1 Å². The third-order valence-corrected chi connectivity index (χ3v) is 3.49. The average molecular weight is 380 g/mol. The van der Waals surface area contributed by atoms with Gasteiger partial charge >= 0.3 is 11.9 Å². The quantitative estimate of drug-likeness (QED) is 0.777. The molecule has 0 atom stereocenters. The standard InChI is InChI=1S/C18H15ClFNO5/c1-2-25-18(24)13-5-3-4-6-15(13)21-16(22)10-26-17(23)12-8-7-11(20)9-14(12)19/h3-9H,2,10H2,1H3,(H,21,22). The monoisotopic (exact) mass is 379 g/mol. The van der Waals surface area contributed by atoms with Crippen LogP contribution in [0.1, 0.15) is 27.6 Å². The zero-order valence-electron chi connectivity index (χ0n) is 13.8. The maximum absolute atomic E-state index is 13.0. The summed E-state index contributed by atoms with van der Waals surface area (Å²) >= 11 is 5.76. The maximum Gasteiger partial charge on any atom is 0.340 e. The van der Waals surface area contributed by atoms with Gasteiger partial charge in [0.1, 0.15) is 5.82 Å². The number of carbonyl (C=O) groups excluding carboxylic acids is 3. The van der Waals surface area contributed by atoms with E-state index in [0.29, 0.717) is 0 Å². The van der Waals surface area contributed by atoms with Gasteiger partial charge in [-0.1, -0.05) is 23.7 Å². The Morgan fingerprint density at radius 2 is 1.73 bits per heavy atom. The van der Waals surface area contributed by atoms with Gasteiger partial charge in [0.25, 0.3) is 5.91 Å². The second kappa shape index (κ2) is 8.96. The molecule has 0 aromatic heterocycles. The van der Waals surface area contributed by atoms with Crippen molar-refractivity contribution in [3.8, 4) is 0 Å². The van der Waals surface area contributed by atoms with Crippen LogP contribution < -0.4 is 5.32 Å². The first kappa shape index (κ1) is 19.4. The SMILES string of the molecule is CCOC(=O)c1ccccc1NC(=O)COC(=O)c1ccc(F)cc1Cl. The third-order valence-electron chi connectivity index (χ3n) is 3.18. The summed E-state index contributed by atoms with van der Waals surface area (Å²) in [6, 6.07) is 9.45. The number of para-hydroxylation sites is 1. The molecule has 2 rings (SSSR count). The van der Waals surface area contributed by atoms with Crippen LogP contribution in [0.3, 0.4) is 0 Å². The normalized spacial score (nSPS) is 10.1. The first-order chi connectivity index (χ1) is 12.4. The molecule has 0 spiro atoms. The second-order valence-corrected chi connectivity index (χ2v) is 5.42. The number of ether oxygens (including phenoxy) is 2. The molecule has 0 radical (unpaired) electrons. The van der Waals surface area contributed by atoms with Crippen LogP contribution in [0.25, 0.3) is 0 Å². The minimum atomic E-state index is -0.871. The number of nitrogens with one attached hydrogen (secondary N) is 1. The lowest BCUT2D eigenvalue weighted by Gasteiger charge is -2.11. The molecule has 2 aromatic rings. The molecule has 0 aliphatic carbocycles. The van der Waals surface area contributed by atoms with E-state index in [2.05, 4.69) is 5.32 Å². The van der Waals surface area contributed by atoms with E-state index >= 15 is 0 Å². The molecule has 0 heterocycles. The summed E-state index contributed by atoms with van der Waals surface area (Å²) in [6.07, 6.45) is 0. The van der Waals surface area contributed by atoms with Gasteiger partial charge in [0.15, 0.2) is 6.61 Å². The van der Waals surface area contributed by atoms with E-state index in [-0.39, 0.29) is 28.4 Å². The largest absolute Gasteiger partial charge is 0.462 e. The molecular formula is C18H15ClFNO5. The fourth-order valence-electron chi connectivity index (χ4n) is 2.03. The van der Waals surface area contributed by atoms with E-state index in [1.807, 2.05) is 0 Å². The fraction of sp³-hybridized carbons (Fsp3) is 0.167. The van der Waals surface area contributed by atoms with Gasteiger partial charge in [-0.25, -0.2) is 14.0 Å². The fourth-order valence-corrected chi connectivity index (χ4v) is 2.27. The third kappa shape index (κ3) is 5.03. The number of carbonyl (C=O) groups is 3. The van der Waals surface area contributed by atoms with Crippen LogP contribution in [0.2, 0.25) is 5.02 Å². The van der Waals surface area contributed by atoms with Gasteiger partial charge in [-0.05, 0) is 37.3 Å². The first-order valence-corrected chi connectivity index (χ1v) is 7.98. The molecule has 2 aromatic carbocycles. The zero-order chi connectivity index (χ0) is 19.1. The predicted octanol–water partition coefficient (Wildman–Crippen LogP) is 3.45. The molecule has 6 nitrogen and oxygen atoms in total. The van der Waals surface area contributed by atoms with E-state index < -0.39 is 30.3 Å². The summed E-state index contributed by atoms with van der Waals surface area (Å²) in [7, 11) is 0. The van der Waals surface area contributed by atoms with Gasteiger partial charge in [-0.15, -0.1) is 0 Å². The van der Waals surface area contributed by atoms with Crippen molar-refractivity contribution in [2.75, 3.05) is 18.5 Å². The molecule has 0 fully saturated rings. The Morgan fingerprint density at radius 3 is 2.42 bits per heavy atom. The predicted molar refractivity (Wildman–Crippen MR) is 92.7 cm³/mol. The first-order valence-electron chi connectivity index (χ1n) is 7.60. The number of amides is 1. The summed E-state index contributed by atoms with van der Waals surface area (Å²) in [5, 5.41) is 2.35. The minimum Gasteiger partial charge on any atom is -0.462 e. The van der Waals surface area contributed by atoms with Crippen LogP contribution in [0.4, 0.5) is 10.1 Å². The van der Waals surface area contributed by atoms with Crippen LogP contribution >= 0.6 is 11.6 Å². The molecule has 1 N–H and O–H groups in total. The Balaban J connectivity index is 1.99. The number of hydrogen-bond acceptors (Lipinski definition) is 5. The van der Waals surface area contributed by atoms with Crippen LogP contribution in [-0.2, 0) is 14.3 Å². The number of rotatable bonds is 6. The molecule has 136 valence electrons. The molecule has 0 unspecified atom stereocenters. The highest BCUT2D eigenvalue weighted by Gasteiger charge is 2.17. The van der Waals surface area contributed by atoms with Crippen LogP contribution in [-0.4, -0.2) is 31.1 Å². The lowest BCUT2D eigenvalue weighted by Crippen LogP contribution is -2.22.